The van der Waals surface area contributed by atoms with Crippen LogP contribution in [-0.4, -0.2) is 56.5 Å². The molecule has 2 aromatic carbocycles. The Morgan fingerprint density at radius 3 is 2.06 bits per heavy atom. The Kier molecular flexibility index (Phi) is 6.74. The molecule has 0 unspecified atom stereocenters. The number of amides is 1. The summed E-state index contributed by atoms with van der Waals surface area (Å²) in [6, 6.07) is 10.9. The Morgan fingerprint density at radius 1 is 0.844 bits per heavy atom. The summed E-state index contributed by atoms with van der Waals surface area (Å²) in [5, 5.41) is 9.48. The monoisotopic (exact) mass is 439 g/mol. The van der Waals surface area contributed by atoms with Gasteiger partial charge in [0, 0.05) is 17.3 Å². The van der Waals surface area contributed by atoms with Gasteiger partial charge in [0.15, 0.2) is 0 Å². The second kappa shape index (κ2) is 9.65. The lowest BCUT2D eigenvalue weighted by atomic mass is 10.1. The van der Waals surface area contributed by atoms with Crippen molar-refractivity contribution in [3.63, 3.8) is 0 Å². The molecule has 3 aromatic rings. The first kappa shape index (κ1) is 22.3. The molecule has 1 aromatic heterocycles. The van der Waals surface area contributed by atoms with E-state index in [1.165, 1.54) is 39.5 Å². The van der Waals surface area contributed by atoms with Gasteiger partial charge in [-0.15, -0.1) is 0 Å². The molecule has 0 aliphatic carbocycles. The second-order valence-electron chi connectivity index (χ2n) is 6.47. The molecule has 0 aliphatic rings. The average Bonchev–Trinajstić information content (AvgIpc) is 3.32. The van der Waals surface area contributed by atoms with Crippen LogP contribution in [0.5, 0.6) is 11.5 Å². The molecule has 1 heterocycles. The van der Waals surface area contributed by atoms with E-state index >= 15 is 0 Å². The summed E-state index contributed by atoms with van der Waals surface area (Å²) in [6.45, 7) is 0. The molecule has 3 rings (SSSR count). The van der Waals surface area contributed by atoms with Gasteiger partial charge in [-0.1, -0.05) is 0 Å². The van der Waals surface area contributed by atoms with Gasteiger partial charge in [-0.2, -0.15) is 5.10 Å². The quantitative estimate of drug-likeness (QED) is 0.538. The van der Waals surface area contributed by atoms with Crippen molar-refractivity contribution >= 4 is 23.5 Å². The first-order chi connectivity index (χ1) is 15.4. The number of hydrogen-bond acceptors (Lipinski definition) is 8. The van der Waals surface area contributed by atoms with E-state index in [4.69, 9.17) is 18.9 Å². The van der Waals surface area contributed by atoms with Crippen LogP contribution in [-0.2, 0) is 9.47 Å². The maximum atomic E-state index is 12.7. The lowest BCUT2D eigenvalue weighted by Gasteiger charge is -2.09. The van der Waals surface area contributed by atoms with Crippen molar-refractivity contribution in [3.8, 4) is 22.8 Å². The molecule has 0 spiro atoms. The molecule has 0 radical (unpaired) electrons. The summed E-state index contributed by atoms with van der Waals surface area (Å²) in [5.74, 6) is -0.722. The predicted octanol–water partition coefficient (Wildman–Crippen LogP) is 2.92. The standard InChI is InChI=1S/C22H21N3O7/c1-29-15-5-6-16(19(10-15)30-2)17-11-18(25-24-17)20(26)23-14-8-12(21(27)31-3)7-13(9-14)22(28)32-4/h5-11H,1-4H3,(H,23,26)(H,24,25). The third-order valence-corrected chi connectivity index (χ3v) is 4.54. The number of ether oxygens (including phenoxy) is 4. The van der Waals surface area contributed by atoms with Crippen LogP contribution in [0.15, 0.2) is 42.5 Å². The number of esters is 2. The van der Waals surface area contributed by atoms with E-state index in [0.717, 1.165) is 0 Å². The van der Waals surface area contributed by atoms with Gasteiger partial charge in [-0.05, 0) is 36.4 Å². The highest BCUT2D eigenvalue weighted by Crippen LogP contribution is 2.32. The number of nitrogens with one attached hydrogen (secondary N) is 2. The third-order valence-electron chi connectivity index (χ3n) is 4.54. The van der Waals surface area contributed by atoms with Gasteiger partial charge in [-0.3, -0.25) is 9.89 Å². The molecule has 0 fully saturated rings. The van der Waals surface area contributed by atoms with E-state index < -0.39 is 17.8 Å². The first-order valence-electron chi connectivity index (χ1n) is 9.31. The zero-order chi connectivity index (χ0) is 23.3. The number of carbonyl (C=O) groups is 3. The molecular formula is C22H21N3O7. The number of benzene rings is 2. The third kappa shape index (κ3) is 4.69. The predicted molar refractivity (Wildman–Crippen MR) is 114 cm³/mol. The Hall–Kier alpha value is -4.34. The molecular weight excluding hydrogens is 418 g/mol. The molecule has 0 bridgehead atoms. The minimum atomic E-state index is -0.665. The van der Waals surface area contributed by atoms with Gasteiger partial charge in [0.2, 0.25) is 0 Å². The summed E-state index contributed by atoms with van der Waals surface area (Å²) in [5.41, 5.74) is 1.66. The van der Waals surface area contributed by atoms with Gasteiger partial charge in [0.1, 0.15) is 17.2 Å². The van der Waals surface area contributed by atoms with E-state index in [0.29, 0.717) is 22.8 Å². The number of methoxy groups -OCH3 is 4. The maximum Gasteiger partial charge on any atom is 0.337 e. The molecule has 32 heavy (non-hydrogen) atoms. The van der Waals surface area contributed by atoms with Crippen molar-refractivity contribution < 1.29 is 33.3 Å². The molecule has 2 N–H and O–H groups in total. The number of hydrogen-bond donors (Lipinski definition) is 2. The largest absolute Gasteiger partial charge is 0.497 e. The average molecular weight is 439 g/mol. The van der Waals surface area contributed by atoms with E-state index in [1.54, 1.807) is 31.4 Å². The number of nitrogens with zero attached hydrogens (tertiary/aromatic N) is 1. The Labute approximate surface area is 183 Å². The number of rotatable bonds is 7. The van der Waals surface area contributed by atoms with Crippen LogP contribution in [0.25, 0.3) is 11.3 Å². The van der Waals surface area contributed by atoms with Crippen molar-refractivity contribution in [2.75, 3.05) is 33.8 Å². The lowest BCUT2D eigenvalue weighted by Crippen LogP contribution is -2.14. The molecule has 0 atom stereocenters. The van der Waals surface area contributed by atoms with E-state index in [2.05, 4.69) is 15.5 Å². The normalized spacial score (nSPS) is 10.2. The molecule has 0 aliphatic heterocycles. The molecule has 10 nitrogen and oxygen atoms in total. The minimum Gasteiger partial charge on any atom is -0.497 e. The van der Waals surface area contributed by atoms with E-state index in [-0.39, 0.29) is 22.5 Å². The van der Waals surface area contributed by atoms with Crippen LogP contribution in [0.1, 0.15) is 31.2 Å². The van der Waals surface area contributed by atoms with Crippen LogP contribution in [0.3, 0.4) is 0 Å². The van der Waals surface area contributed by atoms with Crippen LogP contribution in [0.2, 0.25) is 0 Å². The Bertz CT molecular complexity index is 1140. The Morgan fingerprint density at radius 2 is 1.50 bits per heavy atom. The topological polar surface area (TPSA) is 129 Å². The number of aromatic amines is 1. The minimum absolute atomic E-state index is 0.0824. The smallest absolute Gasteiger partial charge is 0.337 e. The van der Waals surface area contributed by atoms with Crippen LogP contribution in [0.4, 0.5) is 5.69 Å². The molecule has 0 saturated carbocycles. The van der Waals surface area contributed by atoms with Gasteiger partial charge in [-0.25, -0.2) is 9.59 Å². The lowest BCUT2D eigenvalue weighted by molar-refractivity contribution is 0.0599. The van der Waals surface area contributed by atoms with Crippen molar-refractivity contribution in [2.45, 2.75) is 0 Å². The molecule has 0 saturated heterocycles. The summed E-state index contributed by atoms with van der Waals surface area (Å²) in [7, 11) is 5.49. The van der Waals surface area contributed by atoms with Crippen LogP contribution < -0.4 is 14.8 Å². The number of carbonyl (C=O) groups excluding carboxylic acids is 3. The van der Waals surface area contributed by atoms with Gasteiger partial charge in [0.25, 0.3) is 5.91 Å². The first-order valence-corrected chi connectivity index (χ1v) is 9.31. The van der Waals surface area contributed by atoms with Gasteiger partial charge < -0.3 is 24.3 Å². The zero-order valence-electron chi connectivity index (χ0n) is 17.8. The fraction of sp³-hybridized carbons (Fsp3) is 0.182. The zero-order valence-corrected chi connectivity index (χ0v) is 17.8. The fourth-order valence-electron chi connectivity index (χ4n) is 2.96. The SMILES string of the molecule is COC(=O)c1cc(NC(=O)c2cc(-c3ccc(OC)cc3OC)n[nH]2)cc(C(=O)OC)c1. The van der Waals surface area contributed by atoms with Crippen molar-refractivity contribution in [2.24, 2.45) is 0 Å². The van der Waals surface area contributed by atoms with Gasteiger partial charge >= 0.3 is 11.9 Å². The fourth-order valence-corrected chi connectivity index (χ4v) is 2.96. The van der Waals surface area contributed by atoms with Crippen LogP contribution >= 0.6 is 0 Å². The molecule has 166 valence electrons. The highest BCUT2D eigenvalue weighted by molar-refractivity contribution is 6.05. The molecule has 10 heteroatoms. The second-order valence-corrected chi connectivity index (χ2v) is 6.47. The number of aromatic nitrogens is 2. The summed E-state index contributed by atoms with van der Waals surface area (Å²) in [6.07, 6.45) is 0. The number of H-pyrrole nitrogens is 1. The van der Waals surface area contributed by atoms with Crippen molar-refractivity contribution in [3.05, 3.63) is 59.3 Å². The van der Waals surface area contributed by atoms with Crippen LogP contribution in [0, 0.1) is 0 Å². The van der Waals surface area contributed by atoms with Gasteiger partial charge in [0.05, 0.1) is 45.3 Å². The maximum absolute atomic E-state index is 12.7. The van der Waals surface area contributed by atoms with E-state index in [9.17, 15) is 14.4 Å². The highest BCUT2D eigenvalue weighted by Gasteiger charge is 2.18. The van der Waals surface area contributed by atoms with E-state index in [1.807, 2.05) is 0 Å². The highest BCUT2D eigenvalue weighted by atomic mass is 16.5. The summed E-state index contributed by atoms with van der Waals surface area (Å²) >= 11 is 0. The number of anilines is 1. The summed E-state index contributed by atoms with van der Waals surface area (Å²) in [4.78, 5) is 36.6. The molecule has 1 amide bonds. The van der Waals surface area contributed by atoms with Crippen molar-refractivity contribution in [1.82, 2.24) is 10.2 Å². The summed E-state index contributed by atoms with van der Waals surface area (Å²) < 4.78 is 20.0. The van der Waals surface area contributed by atoms with Crippen molar-refractivity contribution in [1.29, 1.82) is 0 Å². The Balaban J connectivity index is 1.88.